The summed E-state index contributed by atoms with van der Waals surface area (Å²) >= 11 is 0. The lowest BCUT2D eigenvalue weighted by Gasteiger charge is -2.37. The number of anilines is 1. The number of ether oxygens (including phenoxy) is 1. The van der Waals surface area contributed by atoms with Crippen LogP contribution in [0.25, 0.3) is 22.2 Å². The third kappa shape index (κ3) is 4.60. The molecule has 4 rings (SSSR count). The van der Waals surface area contributed by atoms with Gasteiger partial charge in [0.1, 0.15) is 11.6 Å². The largest absolute Gasteiger partial charge is 0.469 e. The average Bonchev–Trinajstić information content (AvgIpc) is 3.13. The molecule has 32 heavy (non-hydrogen) atoms. The Bertz CT molecular complexity index is 1130. The van der Waals surface area contributed by atoms with Crippen LogP contribution in [0.1, 0.15) is 32.3 Å². The van der Waals surface area contributed by atoms with E-state index in [1.807, 2.05) is 39.0 Å². The van der Waals surface area contributed by atoms with E-state index in [1.54, 1.807) is 6.07 Å². The van der Waals surface area contributed by atoms with Crippen LogP contribution in [-0.4, -0.2) is 58.8 Å². The van der Waals surface area contributed by atoms with Crippen LogP contribution in [0.5, 0.6) is 0 Å². The van der Waals surface area contributed by atoms with Gasteiger partial charge >= 0.3 is 5.97 Å². The van der Waals surface area contributed by atoms with Gasteiger partial charge in [0.25, 0.3) is 0 Å². The summed E-state index contributed by atoms with van der Waals surface area (Å²) in [5, 5.41) is 12.9. The molecule has 3 aromatic rings. The summed E-state index contributed by atoms with van der Waals surface area (Å²) in [6, 6.07) is 7.75. The first-order chi connectivity index (χ1) is 15.3. The van der Waals surface area contributed by atoms with Gasteiger partial charge in [0.2, 0.25) is 0 Å². The van der Waals surface area contributed by atoms with E-state index in [2.05, 4.69) is 25.4 Å². The lowest BCUT2D eigenvalue weighted by atomic mass is 9.91. The number of piperidine rings is 1. The topological polar surface area (TPSA) is 83.1 Å². The maximum atomic E-state index is 13.7. The van der Waals surface area contributed by atoms with Gasteiger partial charge in [0, 0.05) is 41.8 Å². The van der Waals surface area contributed by atoms with E-state index in [-0.39, 0.29) is 17.8 Å². The van der Waals surface area contributed by atoms with Crippen molar-refractivity contribution in [2.75, 3.05) is 32.1 Å². The number of halogens is 1. The predicted molar refractivity (Wildman–Crippen MR) is 123 cm³/mol. The molecule has 1 fully saturated rings. The number of carbonyl (C=O) groups is 1. The lowest BCUT2D eigenvalue weighted by molar-refractivity contribution is -0.152. The van der Waals surface area contributed by atoms with Crippen molar-refractivity contribution >= 4 is 22.7 Å². The van der Waals surface area contributed by atoms with E-state index in [0.717, 1.165) is 54.1 Å². The number of aromatic nitrogens is 3. The molecular formula is C24H30FN5O2. The fraction of sp³-hybridized carbons (Fsp3) is 0.458. The minimum atomic E-state index is -0.544. The SMILES string of the molecule is COC(=O)C(C)(C)CN1CCC[C@@H](Nc2cc(C)c(-c3ccc4c(F)c[nH]c4c3)nn2)C1. The number of aromatic amines is 1. The number of hydrogen-bond acceptors (Lipinski definition) is 6. The Hall–Kier alpha value is -3.00. The van der Waals surface area contributed by atoms with Crippen LogP contribution in [0.3, 0.4) is 0 Å². The summed E-state index contributed by atoms with van der Waals surface area (Å²) in [6.07, 6.45) is 3.44. The van der Waals surface area contributed by atoms with Crippen molar-refractivity contribution in [1.82, 2.24) is 20.1 Å². The van der Waals surface area contributed by atoms with Crippen molar-refractivity contribution in [3.63, 3.8) is 0 Å². The van der Waals surface area contributed by atoms with Crippen LogP contribution in [0, 0.1) is 18.2 Å². The second kappa shape index (κ2) is 8.86. The van der Waals surface area contributed by atoms with Crippen molar-refractivity contribution in [3.8, 4) is 11.3 Å². The molecule has 170 valence electrons. The highest BCUT2D eigenvalue weighted by Crippen LogP contribution is 2.27. The number of rotatable bonds is 6. The Balaban J connectivity index is 1.44. The third-order valence-corrected chi connectivity index (χ3v) is 6.10. The van der Waals surface area contributed by atoms with Gasteiger partial charge in [-0.15, -0.1) is 10.2 Å². The number of carbonyl (C=O) groups excluding carboxylic acids is 1. The Labute approximate surface area is 187 Å². The first-order valence-electron chi connectivity index (χ1n) is 11.0. The number of nitrogens with one attached hydrogen (secondary N) is 2. The number of aryl methyl sites for hydroxylation is 1. The second-order valence-corrected chi connectivity index (χ2v) is 9.25. The summed E-state index contributed by atoms with van der Waals surface area (Å²) in [5.74, 6) is 0.285. The van der Waals surface area contributed by atoms with Gasteiger partial charge in [-0.3, -0.25) is 4.79 Å². The molecule has 1 aliphatic rings. The molecule has 1 aliphatic heterocycles. The number of H-pyrrole nitrogens is 1. The molecule has 1 saturated heterocycles. The molecule has 0 bridgehead atoms. The Morgan fingerprint density at radius 3 is 2.91 bits per heavy atom. The molecule has 0 radical (unpaired) electrons. The molecule has 2 aromatic heterocycles. The van der Waals surface area contributed by atoms with E-state index < -0.39 is 5.41 Å². The molecule has 7 nitrogen and oxygen atoms in total. The Kier molecular flexibility index (Phi) is 6.15. The van der Waals surface area contributed by atoms with E-state index in [0.29, 0.717) is 11.9 Å². The summed E-state index contributed by atoms with van der Waals surface area (Å²) in [6.45, 7) is 8.29. The van der Waals surface area contributed by atoms with Gasteiger partial charge in [-0.2, -0.15) is 0 Å². The molecule has 0 saturated carbocycles. The van der Waals surface area contributed by atoms with E-state index >= 15 is 0 Å². The highest BCUT2D eigenvalue weighted by molar-refractivity contribution is 5.85. The molecule has 0 spiro atoms. The smallest absolute Gasteiger partial charge is 0.312 e. The van der Waals surface area contributed by atoms with Gasteiger partial charge in [-0.25, -0.2) is 4.39 Å². The third-order valence-electron chi connectivity index (χ3n) is 6.10. The van der Waals surface area contributed by atoms with Crippen molar-refractivity contribution in [2.24, 2.45) is 5.41 Å². The summed E-state index contributed by atoms with van der Waals surface area (Å²) in [4.78, 5) is 17.3. The Morgan fingerprint density at radius 1 is 1.34 bits per heavy atom. The number of hydrogen-bond donors (Lipinski definition) is 2. The summed E-state index contributed by atoms with van der Waals surface area (Å²) in [7, 11) is 1.43. The maximum absolute atomic E-state index is 13.7. The zero-order chi connectivity index (χ0) is 22.9. The van der Waals surface area contributed by atoms with Crippen LogP contribution in [-0.2, 0) is 9.53 Å². The second-order valence-electron chi connectivity index (χ2n) is 9.25. The molecule has 0 aliphatic carbocycles. The molecule has 8 heteroatoms. The lowest BCUT2D eigenvalue weighted by Crippen LogP contribution is -2.47. The minimum Gasteiger partial charge on any atom is -0.469 e. The molecule has 3 heterocycles. The van der Waals surface area contributed by atoms with Crippen LogP contribution < -0.4 is 5.32 Å². The molecule has 2 N–H and O–H groups in total. The minimum absolute atomic E-state index is 0.190. The maximum Gasteiger partial charge on any atom is 0.312 e. The van der Waals surface area contributed by atoms with Gasteiger partial charge < -0.3 is 19.9 Å². The highest BCUT2D eigenvalue weighted by Gasteiger charge is 2.33. The Morgan fingerprint density at radius 2 is 2.16 bits per heavy atom. The molecule has 0 unspecified atom stereocenters. The highest BCUT2D eigenvalue weighted by atomic mass is 19.1. The first kappa shape index (κ1) is 22.2. The zero-order valence-corrected chi connectivity index (χ0v) is 19.0. The van der Waals surface area contributed by atoms with Crippen molar-refractivity contribution in [2.45, 2.75) is 39.7 Å². The van der Waals surface area contributed by atoms with Crippen LogP contribution in [0.2, 0.25) is 0 Å². The number of fused-ring (bicyclic) bond motifs is 1. The van der Waals surface area contributed by atoms with Crippen molar-refractivity contribution < 1.29 is 13.9 Å². The normalized spacial score (nSPS) is 17.5. The van der Waals surface area contributed by atoms with Crippen LogP contribution in [0.4, 0.5) is 10.2 Å². The number of likely N-dealkylation sites (tertiary alicyclic amines) is 1. The van der Waals surface area contributed by atoms with Gasteiger partial charge in [0.15, 0.2) is 0 Å². The molecule has 1 atom stereocenters. The van der Waals surface area contributed by atoms with Gasteiger partial charge in [0.05, 0.1) is 18.2 Å². The summed E-state index contributed by atoms with van der Waals surface area (Å²) < 4.78 is 18.7. The number of methoxy groups -OCH3 is 1. The van der Waals surface area contributed by atoms with Gasteiger partial charge in [-0.05, 0) is 63.9 Å². The quantitative estimate of drug-likeness (QED) is 0.562. The van der Waals surface area contributed by atoms with Crippen LogP contribution >= 0.6 is 0 Å². The number of benzene rings is 1. The fourth-order valence-corrected chi connectivity index (χ4v) is 4.51. The molecular weight excluding hydrogens is 409 g/mol. The monoisotopic (exact) mass is 439 g/mol. The fourth-order valence-electron chi connectivity index (χ4n) is 4.51. The molecule has 1 aromatic carbocycles. The predicted octanol–water partition coefficient (Wildman–Crippen LogP) is 4.15. The van der Waals surface area contributed by atoms with Crippen LogP contribution in [0.15, 0.2) is 30.5 Å². The summed E-state index contributed by atoms with van der Waals surface area (Å²) in [5.41, 5.74) is 2.86. The van der Waals surface area contributed by atoms with E-state index in [1.165, 1.54) is 13.3 Å². The van der Waals surface area contributed by atoms with Crippen molar-refractivity contribution in [3.05, 3.63) is 41.8 Å². The van der Waals surface area contributed by atoms with E-state index in [9.17, 15) is 9.18 Å². The number of esters is 1. The van der Waals surface area contributed by atoms with E-state index in [4.69, 9.17) is 4.74 Å². The average molecular weight is 440 g/mol. The first-order valence-corrected chi connectivity index (χ1v) is 11.0. The zero-order valence-electron chi connectivity index (χ0n) is 19.0. The number of nitrogens with zero attached hydrogens (tertiary/aromatic N) is 3. The standard InChI is InChI=1S/C24H30FN5O2/c1-15-10-21(27-17-6-5-9-30(13-17)14-24(2,3)23(31)32-4)28-29-22(15)16-7-8-18-19(25)12-26-20(18)11-16/h7-8,10-12,17,26H,5-6,9,13-14H2,1-4H3,(H,27,28)/t17-/m1/s1. The molecule has 0 amide bonds. The van der Waals surface area contributed by atoms with Crippen molar-refractivity contribution in [1.29, 1.82) is 0 Å². The van der Waals surface area contributed by atoms with Gasteiger partial charge in [-0.1, -0.05) is 6.07 Å².